The maximum Gasteiger partial charge on any atom is 0.191 e. The number of carbonyl (C=O) groups is 1. The maximum absolute atomic E-state index is 12.5. The van der Waals surface area contributed by atoms with Crippen molar-refractivity contribution in [3.05, 3.63) is 77.1 Å². The van der Waals surface area contributed by atoms with Crippen LogP contribution >= 0.6 is 11.8 Å². The van der Waals surface area contributed by atoms with Gasteiger partial charge in [-0.3, -0.25) is 4.79 Å². The Bertz CT molecular complexity index is 872. The number of hydrogen-bond acceptors (Lipinski definition) is 4. The molecule has 0 amide bonds. The van der Waals surface area contributed by atoms with Crippen molar-refractivity contribution >= 4 is 17.5 Å². The quantitative estimate of drug-likeness (QED) is 0.395. The van der Waals surface area contributed by atoms with Gasteiger partial charge in [0.1, 0.15) is 5.82 Å². The van der Waals surface area contributed by atoms with Crippen LogP contribution in [0.4, 0.5) is 0 Å². The number of aromatic nitrogens is 3. The van der Waals surface area contributed by atoms with Crippen molar-refractivity contribution < 1.29 is 4.79 Å². The first kappa shape index (κ1) is 19.4. The van der Waals surface area contributed by atoms with Crippen molar-refractivity contribution in [1.82, 2.24) is 14.8 Å². The molecule has 0 spiro atoms. The number of rotatable bonds is 9. The van der Waals surface area contributed by atoms with Crippen LogP contribution in [0.15, 0.2) is 59.8 Å². The molecule has 0 fully saturated rings. The van der Waals surface area contributed by atoms with Gasteiger partial charge in [-0.1, -0.05) is 79.7 Å². The number of benzene rings is 2. The lowest BCUT2D eigenvalue weighted by atomic mass is 10.1. The molecule has 1 heterocycles. The van der Waals surface area contributed by atoms with Crippen molar-refractivity contribution in [2.24, 2.45) is 0 Å². The number of Topliss-reactive ketones (excluding diaryl/α,β-unsaturated/α-hetero) is 1. The summed E-state index contributed by atoms with van der Waals surface area (Å²) in [4.78, 5) is 12.5. The average Bonchev–Trinajstić information content (AvgIpc) is 3.09. The molecule has 3 rings (SSSR count). The SMILES string of the molecule is CCCc1ccc(C(=O)CSc2nnc(Cc3ccccc3)n2CC)cc1. The van der Waals surface area contributed by atoms with E-state index in [9.17, 15) is 4.79 Å². The van der Waals surface area contributed by atoms with Gasteiger partial charge in [-0.25, -0.2) is 0 Å². The molecule has 0 atom stereocenters. The molecule has 0 unspecified atom stereocenters. The third kappa shape index (κ3) is 5.07. The van der Waals surface area contributed by atoms with E-state index in [0.29, 0.717) is 5.75 Å². The highest BCUT2D eigenvalue weighted by Crippen LogP contribution is 2.20. The van der Waals surface area contributed by atoms with Crippen LogP contribution in [-0.2, 0) is 19.4 Å². The molecule has 0 saturated heterocycles. The molecule has 0 aliphatic carbocycles. The van der Waals surface area contributed by atoms with E-state index in [1.807, 2.05) is 42.5 Å². The van der Waals surface area contributed by atoms with Gasteiger partial charge < -0.3 is 4.57 Å². The molecular weight excluding hydrogens is 354 g/mol. The minimum atomic E-state index is 0.123. The fourth-order valence-electron chi connectivity index (χ4n) is 3.01. The molecule has 5 heteroatoms. The first-order chi connectivity index (χ1) is 13.2. The molecule has 0 aliphatic rings. The summed E-state index contributed by atoms with van der Waals surface area (Å²) < 4.78 is 2.09. The maximum atomic E-state index is 12.5. The van der Waals surface area contributed by atoms with Gasteiger partial charge in [-0.05, 0) is 24.5 Å². The number of nitrogens with zero attached hydrogens (tertiary/aromatic N) is 3. The van der Waals surface area contributed by atoms with E-state index in [1.54, 1.807) is 0 Å². The fourth-order valence-corrected chi connectivity index (χ4v) is 3.93. The minimum absolute atomic E-state index is 0.123. The van der Waals surface area contributed by atoms with Gasteiger partial charge in [-0.2, -0.15) is 0 Å². The van der Waals surface area contributed by atoms with Gasteiger partial charge in [0.05, 0.1) is 5.75 Å². The van der Waals surface area contributed by atoms with Crippen molar-refractivity contribution in [3.8, 4) is 0 Å². The Balaban J connectivity index is 1.64. The molecule has 4 nitrogen and oxygen atoms in total. The van der Waals surface area contributed by atoms with E-state index in [2.05, 4.69) is 40.7 Å². The minimum Gasteiger partial charge on any atom is -0.306 e. The van der Waals surface area contributed by atoms with Crippen molar-refractivity contribution in [2.45, 2.75) is 44.8 Å². The number of hydrogen-bond donors (Lipinski definition) is 0. The first-order valence-corrected chi connectivity index (χ1v) is 10.4. The predicted molar refractivity (Wildman–Crippen MR) is 110 cm³/mol. The van der Waals surface area contributed by atoms with Crippen LogP contribution in [0, 0.1) is 0 Å². The Morgan fingerprint density at radius 3 is 2.37 bits per heavy atom. The molecule has 0 radical (unpaired) electrons. The van der Waals surface area contributed by atoms with Crippen LogP contribution < -0.4 is 0 Å². The van der Waals surface area contributed by atoms with Crippen LogP contribution in [0.25, 0.3) is 0 Å². The van der Waals surface area contributed by atoms with E-state index < -0.39 is 0 Å². The van der Waals surface area contributed by atoms with Crippen LogP contribution in [-0.4, -0.2) is 26.3 Å². The van der Waals surface area contributed by atoms with Crippen LogP contribution in [0.5, 0.6) is 0 Å². The molecule has 0 N–H and O–H groups in total. The van der Waals surface area contributed by atoms with E-state index >= 15 is 0 Å². The smallest absolute Gasteiger partial charge is 0.191 e. The molecule has 0 saturated carbocycles. The monoisotopic (exact) mass is 379 g/mol. The third-order valence-corrected chi connectivity index (χ3v) is 5.43. The molecule has 3 aromatic rings. The lowest BCUT2D eigenvalue weighted by molar-refractivity contribution is 0.102. The van der Waals surface area contributed by atoms with Crippen molar-refractivity contribution in [2.75, 3.05) is 5.75 Å². The highest BCUT2D eigenvalue weighted by Gasteiger charge is 2.14. The summed E-state index contributed by atoms with van der Waals surface area (Å²) in [6, 6.07) is 18.2. The van der Waals surface area contributed by atoms with Gasteiger partial charge in [-0.15, -0.1) is 10.2 Å². The van der Waals surface area contributed by atoms with E-state index in [0.717, 1.165) is 42.4 Å². The lowest BCUT2D eigenvalue weighted by Gasteiger charge is -2.07. The Morgan fingerprint density at radius 1 is 0.963 bits per heavy atom. The Hall–Kier alpha value is -2.40. The summed E-state index contributed by atoms with van der Waals surface area (Å²) in [5.74, 6) is 1.43. The Kier molecular flexibility index (Phi) is 6.82. The molecule has 140 valence electrons. The number of ketones is 1. The summed E-state index contributed by atoms with van der Waals surface area (Å²) in [5, 5.41) is 9.46. The summed E-state index contributed by atoms with van der Waals surface area (Å²) in [6.45, 7) is 5.03. The third-order valence-electron chi connectivity index (χ3n) is 4.46. The Morgan fingerprint density at radius 2 is 1.70 bits per heavy atom. The summed E-state index contributed by atoms with van der Waals surface area (Å²) in [5.41, 5.74) is 3.24. The van der Waals surface area contributed by atoms with Gasteiger partial charge in [0.15, 0.2) is 10.9 Å². The predicted octanol–water partition coefficient (Wildman–Crippen LogP) is 4.82. The average molecular weight is 380 g/mol. The molecule has 27 heavy (non-hydrogen) atoms. The molecule has 0 bridgehead atoms. The largest absolute Gasteiger partial charge is 0.306 e. The summed E-state index contributed by atoms with van der Waals surface area (Å²) in [7, 11) is 0. The molecule has 2 aromatic carbocycles. The number of carbonyl (C=O) groups excluding carboxylic acids is 1. The fraction of sp³-hybridized carbons (Fsp3) is 0.318. The van der Waals surface area contributed by atoms with Crippen LogP contribution in [0.3, 0.4) is 0 Å². The molecular formula is C22H25N3OS. The second kappa shape index (κ2) is 9.51. The van der Waals surface area contributed by atoms with E-state index in [-0.39, 0.29) is 5.78 Å². The standard InChI is InChI=1S/C22H25N3OS/c1-3-8-17-11-13-19(14-12-17)20(26)16-27-22-24-23-21(25(22)4-2)15-18-9-6-5-7-10-18/h5-7,9-14H,3-4,8,15-16H2,1-2H3. The van der Waals surface area contributed by atoms with Gasteiger partial charge in [0.25, 0.3) is 0 Å². The van der Waals surface area contributed by atoms with Crippen molar-refractivity contribution in [3.63, 3.8) is 0 Å². The first-order valence-electron chi connectivity index (χ1n) is 9.42. The van der Waals surface area contributed by atoms with Crippen LogP contribution in [0.2, 0.25) is 0 Å². The number of aryl methyl sites for hydroxylation is 1. The normalized spacial score (nSPS) is 10.9. The zero-order valence-corrected chi connectivity index (χ0v) is 16.7. The van der Waals surface area contributed by atoms with E-state index in [1.165, 1.54) is 22.9 Å². The van der Waals surface area contributed by atoms with Crippen molar-refractivity contribution in [1.29, 1.82) is 0 Å². The lowest BCUT2D eigenvalue weighted by Crippen LogP contribution is -2.07. The molecule has 0 aliphatic heterocycles. The zero-order chi connectivity index (χ0) is 19.1. The second-order valence-electron chi connectivity index (χ2n) is 6.46. The number of thioether (sulfide) groups is 1. The van der Waals surface area contributed by atoms with Crippen LogP contribution in [0.1, 0.15) is 47.6 Å². The van der Waals surface area contributed by atoms with Gasteiger partial charge in [0.2, 0.25) is 0 Å². The second-order valence-corrected chi connectivity index (χ2v) is 7.41. The van der Waals surface area contributed by atoms with Gasteiger partial charge >= 0.3 is 0 Å². The topological polar surface area (TPSA) is 47.8 Å². The highest BCUT2D eigenvalue weighted by atomic mass is 32.2. The zero-order valence-electron chi connectivity index (χ0n) is 15.9. The molecule has 1 aromatic heterocycles. The summed E-state index contributed by atoms with van der Waals surface area (Å²) in [6.07, 6.45) is 2.91. The summed E-state index contributed by atoms with van der Waals surface area (Å²) >= 11 is 1.46. The highest BCUT2D eigenvalue weighted by molar-refractivity contribution is 7.99. The Labute approximate surface area is 165 Å². The van der Waals surface area contributed by atoms with Gasteiger partial charge in [0, 0.05) is 18.5 Å². The van der Waals surface area contributed by atoms with E-state index in [4.69, 9.17) is 0 Å².